The van der Waals surface area contributed by atoms with Gasteiger partial charge in [0, 0.05) is 19.5 Å². The third-order valence-corrected chi connectivity index (χ3v) is 3.91. The van der Waals surface area contributed by atoms with E-state index >= 15 is 0 Å². The van der Waals surface area contributed by atoms with E-state index in [0.717, 1.165) is 36.4 Å². The van der Waals surface area contributed by atoms with Gasteiger partial charge in [0.2, 0.25) is 0 Å². The Morgan fingerprint density at radius 1 is 1.38 bits per heavy atom. The molecule has 21 heavy (non-hydrogen) atoms. The second-order valence-electron chi connectivity index (χ2n) is 5.08. The summed E-state index contributed by atoms with van der Waals surface area (Å²) in [6, 6.07) is 5.83. The molecule has 0 atom stereocenters. The van der Waals surface area contributed by atoms with Gasteiger partial charge in [-0.1, -0.05) is 6.07 Å². The van der Waals surface area contributed by atoms with Crippen LogP contribution in [0, 0.1) is 5.92 Å². The first kappa shape index (κ1) is 15.8. The number of halogens is 1. The minimum Gasteiger partial charge on any atom is -0.456 e. The fraction of sp³-hybridized carbons (Fsp3) is 0.500. The van der Waals surface area contributed by atoms with Gasteiger partial charge < -0.3 is 15.4 Å². The van der Waals surface area contributed by atoms with Gasteiger partial charge in [-0.15, -0.1) is 0 Å². The van der Waals surface area contributed by atoms with Crippen molar-refractivity contribution in [3.8, 4) is 0 Å². The van der Waals surface area contributed by atoms with Gasteiger partial charge in [0.15, 0.2) is 6.61 Å². The highest BCUT2D eigenvalue weighted by Gasteiger charge is 2.23. The third kappa shape index (κ3) is 5.00. The number of carbonyl (C=O) groups excluding carboxylic acids is 2. The van der Waals surface area contributed by atoms with Crippen LogP contribution in [0.4, 0.5) is 5.82 Å². The summed E-state index contributed by atoms with van der Waals surface area (Å²) in [6.07, 6.45) is 2.15. The Balaban J connectivity index is 1.78. The number of primary amides is 1. The third-order valence-electron chi connectivity index (χ3n) is 3.47. The van der Waals surface area contributed by atoms with Crippen molar-refractivity contribution < 1.29 is 14.3 Å². The molecular weight excluding hydrogens is 338 g/mol. The lowest BCUT2D eigenvalue weighted by Gasteiger charge is -2.32. The first-order valence-corrected chi connectivity index (χ1v) is 7.65. The average Bonchev–Trinajstić information content (AvgIpc) is 2.46. The number of anilines is 1. The van der Waals surface area contributed by atoms with Crippen LogP contribution in [0.5, 0.6) is 0 Å². The molecule has 0 saturated carbocycles. The summed E-state index contributed by atoms with van der Waals surface area (Å²) in [7, 11) is 0. The van der Waals surface area contributed by atoms with Crippen molar-refractivity contribution in [2.75, 3.05) is 24.6 Å². The molecule has 114 valence electrons. The highest BCUT2D eigenvalue weighted by molar-refractivity contribution is 9.10. The van der Waals surface area contributed by atoms with E-state index in [4.69, 9.17) is 10.5 Å². The van der Waals surface area contributed by atoms with Crippen LogP contribution in [0.1, 0.15) is 19.3 Å². The molecule has 0 spiro atoms. The monoisotopic (exact) mass is 355 g/mol. The predicted octanol–water partition coefficient (Wildman–Crippen LogP) is 1.48. The maximum absolute atomic E-state index is 11.5. The molecule has 0 radical (unpaired) electrons. The summed E-state index contributed by atoms with van der Waals surface area (Å²) in [5.74, 6) is 0.250. The number of hydrogen-bond donors (Lipinski definition) is 1. The van der Waals surface area contributed by atoms with Crippen molar-refractivity contribution >= 4 is 33.6 Å². The lowest BCUT2D eigenvalue weighted by Crippen LogP contribution is -2.35. The zero-order valence-corrected chi connectivity index (χ0v) is 13.2. The number of hydrogen-bond acceptors (Lipinski definition) is 5. The summed E-state index contributed by atoms with van der Waals surface area (Å²) in [6.45, 7) is 1.38. The van der Waals surface area contributed by atoms with E-state index in [0.29, 0.717) is 6.42 Å². The predicted molar refractivity (Wildman–Crippen MR) is 81.6 cm³/mol. The van der Waals surface area contributed by atoms with Crippen molar-refractivity contribution in [3.05, 3.63) is 22.8 Å². The van der Waals surface area contributed by atoms with Crippen LogP contribution in [0.3, 0.4) is 0 Å². The molecule has 0 aliphatic carbocycles. The van der Waals surface area contributed by atoms with Crippen LogP contribution >= 0.6 is 15.9 Å². The van der Waals surface area contributed by atoms with Crippen LogP contribution in [0.2, 0.25) is 0 Å². The minimum absolute atomic E-state index is 0.286. The molecule has 1 fully saturated rings. The lowest BCUT2D eigenvalue weighted by molar-refractivity contribution is -0.148. The van der Waals surface area contributed by atoms with Gasteiger partial charge in [-0.25, -0.2) is 4.98 Å². The Hall–Kier alpha value is -1.63. The van der Waals surface area contributed by atoms with Crippen molar-refractivity contribution in [3.63, 3.8) is 0 Å². The molecule has 0 aromatic carbocycles. The molecule has 2 heterocycles. The van der Waals surface area contributed by atoms with E-state index in [1.807, 2.05) is 18.2 Å². The zero-order valence-electron chi connectivity index (χ0n) is 11.6. The number of aromatic nitrogens is 1. The largest absolute Gasteiger partial charge is 0.456 e. The molecular formula is C14H18BrN3O3. The van der Waals surface area contributed by atoms with Gasteiger partial charge in [-0.3, -0.25) is 9.59 Å². The SMILES string of the molecule is NC(=O)COC(=O)CC1CCN(c2cccc(Br)n2)CC1. The van der Waals surface area contributed by atoms with E-state index in [1.54, 1.807) is 0 Å². The Morgan fingerprint density at radius 2 is 2.10 bits per heavy atom. The fourth-order valence-corrected chi connectivity index (χ4v) is 2.72. The maximum atomic E-state index is 11.5. The lowest BCUT2D eigenvalue weighted by atomic mass is 9.93. The van der Waals surface area contributed by atoms with Gasteiger partial charge in [-0.05, 0) is 46.8 Å². The van der Waals surface area contributed by atoms with Crippen LogP contribution in [0.15, 0.2) is 22.8 Å². The first-order chi connectivity index (χ1) is 10.0. The van der Waals surface area contributed by atoms with Crippen LogP contribution < -0.4 is 10.6 Å². The topological polar surface area (TPSA) is 85.5 Å². The molecule has 1 saturated heterocycles. The molecule has 2 N–H and O–H groups in total. The van der Waals surface area contributed by atoms with Crippen LogP contribution in [-0.4, -0.2) is 36.6 Å². The quantitative estimate of drug-likeness (QED) is 0.638. The number of pyridine rings is 1. The summed E-state index contributed by atoms with van der Waals surface area (Å²) in [5.41, 5.74) is 4.94. The van der Waals surface area contributed by atoms with Gasteiger partial charge >= 0.3 is 5.97 Å². The molecule has 1 aromatic rings. The number of amides is 1. The van der Waals surface area contributed by atoms with Crippen LogP contribution in [0.25, 0.3) is 0 Å². The fourth-order valence-electron chi connectivity index (χ4n) is 2.39. The number of ether oxygens (including phenoxy) is 1. The number of nitrogens with two attached hydrogens (primary N) is 1. The molecule has 0 unspecified atom stereocenters. The smallest absolute Gasteiger partial charge is 0.306 e. The Morgan fingerprint density at radius 3 is 2.71 bits per heavy atom. The molecule has 1 amide bonds. The number of carbonyl (C=O) groups is 2. The van der Waals surface area contributed by atoms with Crippen molar-refractivity contribution in [2.24, 2.45) is 11.7 Å². The van der Waals surface area contributed by atoms with Gasteiger partial charge in [0.1, 0.15) is 10.4 Å². The second-order valence-corrected chi connectivity index (χ2v) is 5.89. The summed E-state index contributed by atoms with van der Waals surface area (Å²) < 4.78 is 5.60. The molecule has 1 aliphatic heterocycles. The molecule has 6 nitrogen and oxygen atoms in total. The van der Waals surface area contributed by atoms with Crippen molar-refractivity contribution in [2.45, 2.75) is 19.3 Å². The molecule has 1 aliphatic rings. The number of piperidine rings is 1. The van der Waals surface area contributed by atoms with E-state index < -0.39 is 5.91 Å². The van der Waals surface area contributed by atoms with E-state index in [9.17, 15) is 9.59 Å². The molecule has 2 rings (SSSR count). The second kappa shape index (κ2) is 7.40. The highest BCUT2D eigenvalue weighted by Crippen LogP contribution is 2.25. The standard InChI is InChI=1S/C14H18BrN3O3/c15-11-2-1-3-13(17-11)18-6-4-10(5-7-18)8-14(20)21-9-12(16)19/h1-3,10H,4-9H2,(H2,16,19). The highest BCUT2D eigenvalue weighted by atomic mass is 79.9. The number of esters is 1. The summed E-state index contributed by atoms with van der Waals surface area (Å²) >= 11 is 3.37. The Kier molecular flexibility index (Phi) is 5.55. The van der Waals surface area contributed by atoms with Crippen molar-refractivity contribution in [1.29, 1.82) is 0 Å². The Bertz CT molecular complexity index is 516. The van der Waals surface area contributed by atoms with Gasteiger partial charge in [0.05, 0.1) is 0 Å². The van der Waals surface area contributed by atoms with Crippen molar-refractivity contribution in [1.82, 2.24) is 4.98 Å². The normalized spacial score (nSPS) is 15.8. The van der Waals surface area contributed by atoms with E-state index in [2.05, 4.69) is 25.8 Å². The Labute approximate surface area is 131 Å². The van der Waals surface area contributed by atoms with Crippen LogP contribution in [-0.2, 0) is 14.3 Å². The van der Waals surface area contributed by atoms with E-state index in [-0.39, 0.29) is 18.5 Å². The molecule has 7 heteroatoms. The average molecular weight is 356 g/mol. The number of rotatable bonds is 5. The molecule has 1 aromatic heterocycles. The van der Waals surface area contributed by atoms with Gasteiger partial charge in [-0.2, -0.15) is 0 Å². The first-order valence-electron chi connectivity index (χ1n) is 6.86. The number of nitrogens with zero attached hydrogens (tertiary/aromatic N) is 2. The van der Waals surface area contributed by atoms with Gasteiger partial charge in [0.25, 0.3) is 5.91 Å². The zero-order chi connectivity index (χ0) is 15.2. The summed E-state index contributed by atoms with van der Waals surface area (Å²) in [5, 5.41) is 0. The summed E-state index contributed by atoms with van der Waals surface area (Å²) in [4.78, 5) is 28.7. The molecule has 0 bridgehead atoms. The minimum atomic E-state index is -0.626. The maximum Gasteiger partial charge on any atom is 0.306 e. The van der Waals surface area contributed by atoms with E-state index in [1.165, 1.54) is 0 Å².